The van der Waals surface area contributed by atoms with Crippen molar-refractivity contribution in [3.8, 4) is 17.4 Å². The Hall–Kier alpha value is -2.96. The molecule has 0 spiro atoms. The van der Waals surface area contributed by atoms with Crippen molar-refractivity contribution < 1.29 is 19.4 Å². The van der Waals surface area contributed by atoms with Gasteiger partial charge < -0.3 is 24.8 Å². The zero-order valence-electron chi connectivity index (χ0n) is 14.1. The van der Waals surface area contributed by atoms with E-state index in [9.17, 15) is 9.90 Å². The Morgan fingerprint density at radius 3 is 3.12 bits per heavy atom. The van der Waals surface area contributed by atoms with Gasteiger partial charge in [0.2, 0.25) is 5.88 Å². The van der Waals surface area contributed by atoms with Gasteiger partial charge in [0.1, 0.15) is 18.1 Å². The third kappa shape index (κ3) is 4.32. The lowest BCUT2D eigenvalue weighted by atomic mass is 10.2. The minimum atomic E-state index is -0.152. The molecule has 1 aliphatic rings. The summed E-state index contributed by atoms with van der Waals surface area (Å²) in [6, 6.07) is 8.53. The number of aromatic hydroxyl groups is 1. The highest BCUT2D eigenvalue weighted by atomic mass is 16.5. The number of phenolic OH excluding ortho intramolecular Hbond substituents is 1. The first-order chi connectivity index (χ1) is 12.2. The van der Waals surface area contributed by atoms with Gasteiger partial charge in [0.05, 0.1) is 20.2 Å². The Morgan fingerprint density at radius 2 is 2.28 bits per heavy atom. The number of nitrogens with zero attached hydrogens (tertiary/aromatic N) is 2. The minimum Gasteiger partial charge on any atom is -0.508 e. The number of fused-ring (bicyclic) bond motifs is 1. The monoisotopic (exact) mass is 343 g/mol. The van der Waals surface area contributed by atoms with Gasteiger partial charge in [-0.1, -0.05) is 0 Å². The van der Waals surface area contributed by atoms with Crippen LogP contribution in [0.4, 0.5) is 4.79 Å². The fraction of sp³-hybridized carbons (Fsp3) is 0.333. The van der Waals surface area contributed by atoms with Gasteiger partial charge in [-0.3, -0.25) is 0 Å². The molecule has 1 aliphatic heterocycles. The van der Waals surface area contributed by atoms with Crippen LogP contribution in [0.2, 0.25) is 0 Å². The molecule has 25 heavy (non-hydrogen) atoms. The lowest BCUT2D eigenvalue weighted by Crippen LogP contribution is -2.41. The summed E-state index contributed by atoms with van der Waals surface area (Å²) in [5.41, 5.74) is 1.84. The van der Waals surface area contributed by atoms with Crippen LogP contribution in [0.15, 0.2) is 36.5 Å². The third-order valence-electron chi connectivity index (χ3n) is 4.01. The molecule has 1 aromatic carbocycles. The van der Waals surface area contributed by atoms with E-state index in [0.717, 1.165) is 11.1 Å². The number of carbonyl (C=O) groups excluding carboxylic acids is 1. The number of phenols is 1. The molecule has 0 atom stereocenters. The van der Waals surface area contributed by atoms with Crippen LogP contribution in [0.5, 0.6) is 17.4 Å². The molecule has 0 fully saturated rings. The summed E-state index contributed by atoms with van der Waals surface area (Å²) in [5.74, 6) is 1.43. The van der Waals surface area contributed by atoms with E-state index in [4.69, 9.17) is 9.47 Å². The van der Waals surface area contributed by atoms with Crippen LogP contribution >= 0.6 is 0 Å². The smallest absolute Gasteiger partial charge is 0.317 e. The van der Waals surface area contributed by atoms with Crippen molar-refractivity contribution in [2.75, 3.05) is 26.8 Å². The molecule has 2 amide bonds. The molecule has 132 valence electrons. The number of nitrogens with one attached hydrogen (secondary N) is 1. The maximum atomic E-state index is 12.4. The molecule has 2 N–H and O–H groups in total. The van der Waals surface area contributed by atoms with E-state index in [0.29, 0.717) is 44.3 Å². The number of hydrogen-bond donors (Lipinski definition) is 2. The summed E-state index contributed by atoms with van der Waals surface area (Å²) in [4.78, 5) is 18.2. The van der Waals surface area contributed by atoms with Gasteiger partial charge in [0.15, 0.2) is 0 Å². The first-order valence-electron chi connectivity index (χ1n) is 8.12. The fourth-order valence-corrected chi connectivity index (χ4v) is 2.70. The number of amides is 2. The van der Waals surface area contributed by atoms with Gasteiger partial charge >= 0.3 is 6.03 Å². The lowest BCUT2D eigenvalue weighted by Gasteiger charge is -2.20. The van der Waals surface area contributed by atoms with E-state index in [-0.39, 0.29) is 11.8 Å². The quantitative estimate of drug-likeness (QED) is 0.886. The van der Waals surface area contributed by atoms with Crippen LogP contribution in [0.1, 0.15) is 11.1 Å². The summed E-state index contributed by atoms with van der Waals surface area (Å²) in [5, 5.41) is 12.5. The second-order valence-corrected chi connectivity index (χ2v) is 5.75. The topological polar surface area (TPSA) is 83.9 Å². The molecule has 2 heterocycles. The summed E-state index contributed by atoms with van der Waals surface area (Å²) < 4.78 is 10.7. The van der Waals surface area contributed by atoms with Crippen LogP contribution < -0.4 is 14.8 Å². The van der Waals surface area contributed by atoms with E-state index < -0.39 is 0 Å². The van der Waals surface area contributed by atoms with Crippen molar-refractivity contribution in [2.24, 2.45) is 0 Å². The van der Waals surface area contributed by atoms with Gasteiger partial charge in [0, 0.05) is 24.4 Å². The molecular weight excluding hydrogens is 322 g/mol. The molecule has 0 unspecified atom stereocenters. The van der Waals surface area contributed by atoms with Crippen molar-refractivity contribution in [1.29, 1.82) is 0 Å². The maximum Gasteiger partial charge on any atom is 0.317 e. The van der Waals surface area contributed by atoms with Crippen LogP contribution in [0, 0.1) is 0 Å². The molecule has 0 radical (unpaired) electrons. The van der Waals surface area contributed by atoms with Gasteiger partial charge in [-0.25, -0.2) is 9.78 Å². The molecule has 3 rings (SSSR count). The van der Waals surface area contributed by atoms with Gasteiger partial charge in [-0.15, -0.1) is 0 Å². The summed E-state index contributed by atoms with van der Waals surface area (Å²) in [6.45, 7) is 1.83. The highest BCUT2D eigenvalue weighted by Gasteiger charge is 2.19. The van der Waals surface area contributed by atoms with E-state index >= 15 is 0 Å². The number of carbonyl (C=O) groups is 1. The fourth-order valence-electron chi connectivity index (χ4n) is 2.70. The van der Waals surface area contributed by atoms with Crippen molar-refractivity contribution in [2.45, 2.75) is 13.0 Å². The SMILES string of the molecule is COc1cc(CCNC(=O)N2CCOc3ccc(O)cc3C2)ccn1. The number of ether oxygens (including phenoxy) is 2. The van der Waals surface area contributed by atoms with Crippen molar-refractivity contribution in [3.63, 3.8) is 0 Å². The Labute approximate surface area is 146 Å². The van der Waals surface area contributed by atoms with E-state index in [1.165, 1.54) is 0 Å². The molecule has 2 aromatic rings. The number of benzene rings is 1. The molecule has 0 aliphatic carbocycles. The van der Waals surface area contributed by atoms with Gasteiger partial charge in [-0.05, 0) is 36.2 Å². The normalized spacial score (nSPS) is 13.4. The highest BCUT2D eigenvalue weighted by molar-refractivity contribution is 5.74. The first-order valence-corrected chi connectivity index (χ1v) is 8.12. The second-order valence-electron chi connectivity index (χ2n) is 5.75. The molecule has 7 heteroatoms. The highest BCUT2D eigenvalue weighted by Crippen LogP contribution is 2.26. The predicted octanol–water partition coefficient (Wildman–Crippen LogP) is 1.94. The molecule has 0 saturated carbocycles. The molecule has 1 aromatic heterocycles. The predicted molar refractivity (Wildman–Crippen MR) is 91.9 cm³/mol. The Morgan fingerprint density at radius 1 is 1.40 bits per heavy atom. The van der Waals surface area contributed by atoms with Crippen LogP contribution in [0.3, 0.4) is 0 Å². The number of aromatic nitrogens is 1. The third-order valence-corrected chi connectivity index (χ3v) is 4.01. The Bertz CT molecular complexity index is 751. The zero-order valence-corrected chi connectivity index (χ0v) is 14.1. The van der Waals surface area contributed by atoms with Gasteiger partial charge in [0.25, 0.3) is 0 Å². The average Bonchev–Trinajstić information content (AvgIpc) is 2.83. The standard InChI is InChI=1S/C18H21N3O4/c1-24-17-10-13(4-6-19-17)5-7-20-18(23)21-8-9-25-16-3-2-15(22)11-14(16)12-21/h2-4,6,10-11,22H,5,7-9,12H2,1H3,(H,20,23). The summed E-state index contributed by atoms with van der Waals surface area (Å²) in [7, 11) is 1.57. The van der Waals surface area contributed by atoms with Crippen molar-refractivity contribution >= 4 is 6.03 Å². The van der Waals surface area contributed by atoms with E-state index in [1.807, 2.05) is 12.1 Å². The summed E-state index contributed by atoms with van der Waals surface area (Å²) in [6.07, 6.45) is 2.37. The molecular formula is C18H21N3O4. The van der Waals surface area contributed by atoms with Crippen molar-refractivity contribution in [3.05, 3.63) is 47.7 Å². The number of hydrogen-bond acceptors (Lipinski definition) is 5. The number of urea groups is 1. The molecule has 0 bridgehead atoms. The minimum absolute atomic E-state index is 0.152. The Kier molecular flexibility index (Phi) is 5.23. The summed E-state index contributed by atoms with van der Waals surface area (Å²) >= 11 is 0. The second kappa shape index (κ2) is 7.74. The van der Waals surface area contributed by atoms with E-state index in [1.54, 1.807) is 36.4 Å². The van der Waals surface area contributed by atoms with Crippen LogP contribution in [-0.2, 0) is 13.0 Å². The first kappa shape index (κ1) is 16.9. The largest absolute Gasteiger partial charge is 0.508 e. The maximum absolute atomic E-state index is 12.4. The molecule has 0 saturated heterocycles. The van der Waals surface area contributed by atoms with Crippen LogP contribution in [0.25, 0.3) is 0 Å². The molecule has 7 nitrogen and oxygen atoms in total. The lowest BCUT2D eigenvalue weighted by molar-refractivity contribution is 0.188. The number of pyridine rings is 1. The average molecular weight is 343 g/mol. The number of methoxy groups -OCH3 is 1. The number of rotatable bonds is 4. The van der Waals surface area contributed by atoms with Gasteiger partial charge in [-0.2, -0.15) is 0 Å². The Balaban J connectivity index is 1.56. The van der Waals surface area contributed by atoms with Crippen molar-refractivity contribution in [1.82, 2.24) is 15.2 Å². The van der Waals surface area contributed by atoms with Crippen LogP contribution in [-0.4, -0.2) is 47.8 Å². The van der Waals surface area contributed by atoms with E-state index in [2.05, 4.69) is 10.3 Å². The zero-order chi connectivity index (χ0) is 17.6.